The third-order valence-electron chi connectivity index (χ3n) is 3.99. The summed E-state index contributed by atoms with van der Waals surface area (Å²) in [4.78, 5) is 35.5. The van der Waals surface area contributed by atoms with Crippen LogP contribution in [-0.4, -0.2) is 16.7 Å². The molecule has 2 amide bonds. The molecule has 0 aliphatic heterocycles. The molecule has 0 spiro atoms. The number of nitrogens with zero attached hydrogens (tertiary/aromatic N) is 1. The molecular formula is C21H16ClN3O5. The molecule has 152 valence electrons. The van der Waals surface area contributed by atoms with Crippen LogP contribution in [0.5, 0.6) is 0 Å². The van der Waals surface area contributed by atoms with E-state index in [1.165, 1.54) is 24.3 Å². The fraction of sp³-hybridized carbons (Fsp3) is 0.0476. The van der Waals surface area contributed by atoms with Crippen LogP contribution in [0.3, 0.4) is 0 Å². The highest BCUT2D eigenvalue weighted by atomic mass is 35.5. The van der Waals surface area contributed by atoms with Crippen molar-refractivity contribution in [3.63, 3.8) is 0 Å². The molecule has 0 bridgehead atoms. The second kappa shape index (κ2) is 9.06. The van der Waals surface area contributed by atoms with E-state index in [2.05, 4.69) is 10.6 Å². The lowest BCUT2D eigenvalue weighted by molar-refractivity contribution is -0.402. The van der Waals surface area contributed by atoms with Crippen LogP contribution in [0.25, 0.3) is 6.08 Å². The molecule has 0 saturated heterocycles. The van der Waals surface area contributed by atoms with Crippen LogP contribution in [0.1, 0.15) is 21.7 Å². The Kier molecular flexibility index (Phi) is 6.29. The number of hydrogen-bond donors (Lipinski definition) is 2. The summed E-state index contributed by atoms with van der Waals surface area (Å²) in [5, 5.41) is 16.5. The molecule has 9 heteroatoms. The summed E-state index contributed by atoms with van der Waals surface area (Å²) >= 11 is 5.83. The van der Waals surface area contributed by atoms with Crippen LogP contribution >= 0.6 is 11.6 Å². The number of furan rings is 1. The molecular weight excluding hydrogens is 410 g/mol. The van der Waals surface area contributed by atoms with E-state index in [1.54, 1.807) is 24.3 Å². The first-order chi connectivity index (χ1) is 14.3. The molecule has 0 saturated carbocycles. The van der Waals surface area contributed by atoms with Gasteiger partial charge in [-0.05, 0) is 49.4 Å². The van der Waals surface area contributed by atoms with E-state index in [-0.39, 0.29) is 17.0 Å². The Morgan fingerprint density at radius 1 is 1.03 bits per heavy atom. The number of rotatable bonds is 6. The fourth-order valence-corrected chi connectivity index (χ4v) is 2.58. The highest BCUT2D eigenvalue weighted by Gasteiger charge is 2.17. The lowest BCUT2D eigenvalue weighted by Crippen LogP contribution is -2.30. The Labute approximate surface area is 176 Å². The first-order valence-electron chi connectivity index (χ1n) is 8.73. The lowest BCUT2D eigenvalue weighted by atomic mass is 10.2. The summed E-state index contributed by atoms with van der Waals surface area (Å²) < 4.78 is 5.07. The molecule has 30 heavy (non-hydrogen) atoms. The zero-order valence-corrected chi connectivity index (χ0v) is 16.5. The standard InChI is InChI=1S/C21H16ClN3O5/c1-13-2-8-16(9-3-13)23-21(27)18(12-17-10-11-19(30-17)25(28)29)24-20(26)14-4-6-15(22)7-5-14/h2-12H,1H3,(H,23,27)(H,24,26)/b18-12+. The average molecular weight is 426 g/mol. The Balaban J connectivity index is 1.88. The van der Waals surface area contributed by atoms with Gasteiger partial charge >= 0.3 is 5.88 Å². The summed E-state index contributed by atoms with van der Waals surface area (Å²) in [5.74, 6) is -1.63. The quantitative estimate of drug-likeness (QED) is 0.341. The molecule has 0 aliphatic carbocycles. The van der Waals surface area contributed by atoms with Gasteiger partial charge in [0.1, 0.15) is 16.4 Å². The maximum Gasteiger partial charge on any atom is 0.433 e. The van der Waals surface area contributed by atoms with Crippen molar-refractivity contribution in [2.75, 3.05) is 5.32 Å². The number of aryl methyl sites for hydroxylation is 1. The summed E-state index contributed by atoms with van der Waals surface area (Å²) in [6, 6.07) is 15.6. The predicted molar refractivity (Wildman–Crippen MR) is 112 cm³/mol. The van der Waals surface area contributed by atoms with Crippen molar-refractivity contribution in [1.82, 2.24) is 5.32 Å². The maximum atomic E-state index is 12.8. The SMILES string of the molecule is Cc1ccc(NC(=O)/C(=C\c2ccc([N+](=O)[O-])o2)NC(=O)c2ccc(Cl)cc2)cc1. The van der Waals surface area contributed by atoms with Gasteiger partial charge in [-0.25, -0.2) is 0 Å². The van der Waals surface area contributed by atoms with E-state index >= 15 is 0 Å². The van der Waals surface area contributed by atoms with Gasteiger partial charge in [0.25, 0.3) is 11.8 Å². The molecule has 2 N–H and O–H groups in total. The second-order valence-electron chi connectivity index (χ2n) is 6.27. The molecule has 0 unspecified atom stereocenters. The van der Waals surface area contributed by atoms with Gasteiger partial charge in [0.05, 0.1) is 6.07 Å². The van der Waals surface area contributed by atoms with Crippen molar-refractivity contribution in [2.45, 2.75) is 6.92 Å². The second-order valence-corrected chi connectivity index (χ2v) is 6.71. The molecule has 0 aliphatic rings. The Hall–Kier alpha value is -3.91. The van der Waals surface area contributed by atoms with E-state index in [0.717, 1.165) is 11.6 Å². The largest absolute Gasteiger partial charge is 0.433 e. The van der Waals surface area contributed by atoms with Crippen LogP contribution < -0.4 is 10.6 Å². The molecule has 0 atom stereocenters. The number of nitrogens with one attached hydrogen (secondary N) is 2. The predicted octanol–water partition coefficient (Wildman–Crippen LogP) is 4.56. The van der Waals surface area contributed by atoms with E-state index in [9.17, 15) is 19.7 Å². The monoisotopic (exact) mass is 425 g/mol. The van der Waals surface area contributed by atoms with Gasteiger partial charge in [-0.1, -0.05) is 29.3 Å². The third-order valence-corrected chi connectivity index (χ3v) is 4.24. The minimum absolute atomic E-state index is 0.0344. The molecule has 3 aromatic rings. The number of amides is 2. The van der Waals surface area contributed by atoms with Crippen molar-refractivity contribution in [3.8, 4) is 0 Å². The van der Waals surface area contributed by atoms with Gasteiger partial charge in [-0.3, -0.25) is 19.7 Å². The molecule has 1 aromatic heterocycles. The summed E-state index contributed by atoms with van der Waals surface area (Å²) in [5.41, 5.74) is 1.66. The number of carbonyl (C=O) groups is 2. The van der Waals surface area contributed by atoms with Gasteiger partial charge in [-0.15, -0.1) is 0 Å². The smallest absolute Gasteiger partial charge is 0.401 e. The zero-order chi connectivity index (χ0) is 21.7. The lowest BCUT2D eigenvalue weighted by Gasteiger charge is -2.11. The number of nitro groups is 1. The summed E-state index contributed by atoms with van der Waals surface area (Å²) in [6.07, 6.45) is 1.21. The first kappa shape index (κ1) is 20.8. The first-order valence-corrected chi connectivity index (χ1v) is 9.10. The highest BCUT2D eigenvalue weighted by Crippen LogP contribution is 2.19. The molecule has 1 heterocycles. The van der Waals surface area contributed by atoms with Crippen molar-refractivity contribution in [1.29, 1.82) is 0 Å². The van der Waals surface area contributed by atoms with Gasteiger partial charge < -0.3 is 15.1 Å². The Bertz CT molecular complexity index is 1120. The van der Waals surface area contributed by atoms with Crippen molar-refractivity contribution in [3.05, 3.63) is 98.4 Å². The molecule has 0 radical (unpaired) electrons. The van der Waals surface area contributed by atoms with Crippen LogP contribution in [0.2, 0.25) is 5.02 Å². The average Bonchev–Trinajstić information content (AvgIpc) is 3.18. The third kappa shape index (κ3) is 5.33. The van der Waals surface area contributed by atoms with E-state index in [1.807, 2.05) is 19.1 Å². The molecule has 2 aromatic carbocycles. The normalized spacial score (nSPS) is 11.1. The van der Waals surface area contributed by atoms with Crippen molar-refractivity contribution < 1.29 is 18.9 Å². The maximum absolute atomic E-state index is 12.8. The van der Waals surface area contributed by atoms with E-state index < -0.39 is 22.6 Å². The summed E-state index contributed by atoms with van der Waals surface area (Å²) in [6.45, 7) is 1.91. The zero-order valence-electron chi connectivity index (χ0n) is 15.7. The number of anilines is 1. The van der Waals surface area contributed by atoms with Crippen molar-refractivity contribution >= 4 is 41.1 Å². The minimum Gasteiger partial charge on any atom is -0.401 e. The van der Waals surface area contributed by atoms with Gasteiger partial charge in [0.15, 0.2) is 0 Å². The van der Waals surface area contributed by atoms with E-state index in [0.29, 0.717) is 10.7 Å². The Morgan fingerprint density at radius 3 is 2.30 bits per heavy atom. The van der Waals surface area contributed by atoms with Crippen LogP contribution in [0, 0.1) is 17.0 Å². The summed E-state index contributed by atoms with van der Waals surface area (Å²) in [7, 11) is 0. The molecule has 0 fully saturated rings. The number of carbonyl (C=O) groups excluding carboxylic acids is 2. The van der Waals surface area contributed by atoms with E-state index in [4.69, 9.17) is 16.0 Å². The minimum atomic E-state index is -0.699. The van der Waals surface area contributed by atoms with Crippen LogP contribution in [-0.2, 0) is 4.79 Å². The Morgan fingerprint density at radius 2 is 1.70 bits per heavy atom. The van der Waals surface area contributed by atoms with Gasteiger partial charge in [-0.2, -0.15) is 0 Å². The van der Waals surface area contributed by atoms with Crippen molar-refractivity contribution in [2.24, 2.45) is 0 Å². The topological polar surface area (TPSA) is 114 Å². The van der Waals surface area contributed by atoms with Crippen LogP contribution in [0.15, 0.2) is 70.8 Å². The number of halogens is 1. The van der Waals surface area contributed by atoms with Crippen LogP contribution in [0.4, 0.5) is 11.6 Å². The number of benzene rings is 2. The fourth-order valence-electron chi connectivity index (χ4n) is 2.45. The number of hydrogen-bond acceptors (Lipinski definition) is 5. The molecule has 8 nitrogen and oxygen atoms in total. The highest BCUT2D eigenvalue weighted by molar-refractivity contribution is 6.30. The van der Waals surface area contributed by atoms with Gasteiger partial charge in [0.2, 0.25) is 0 Å². The molecule has 3 rings (SSSR count). The van der Waals surface area contributed by atoms with Gasteiger partial charge in [0, 0.05) is 22.3 Å².